The lowest BCUT2D eigenvalue weighted by Gasteiger charge is -2.19. The molecule has 0 saturated heterocycles. The Kier molecular flexibility index (Phi) is 6.44. The van der Waals surface area contributed by atoms with Gasteiger partial charge < -0.3 is 34.0 Å². The largest absolute Gasteiger partial charge is 1.00 e. The average Bonchev–Trinajstić information content (AvgIpc) is 2.14. The molecule has 1 aromatic rings. The highest BCUT2D eigenvalue weighted by atomic mass is 127. The Labute approximate surface area is 119 Å². The third-order valence-corrected chi connectivity index (χ3v) is 1.98. The maximum absolute atomic E-state index is 11.4. The molecule has 0 spiro atoms. The second-order valence-corrected chi connectivity index (χ2v) is 4.66. The van der Waals surface area contributed by atoms with Crippen LogP contribution in [-0.2, 0) is 18.3 Å². The van der Waals surface area contributed by atoms with E-state index >= 15 is 0 Å². The molecule has 1 aromatic heterocycles. The molecule has 0 aromatic carbocycles. The lowest BCUT2D eigenvalue weighted by atomic mass is 10.2. The normalized spacial score (nSPS) is 10.4. The minimum Gasteiger partial charge on any atom is -1.00 e. The van der Waals surface area contributed by atoms with Gasteiger partial charge in [0.05, 0.1) is 0 Å². The summed E-state index contributed by atoms with van der Waals surface area (Å²) < 4.78 is 7.10. The zero-order chi connectivity index (χ0) is 12.2. The van der Waals surface area contributed by atoms with Crippen LogP contribution in [0.1, 0.15) is 26.5 Å². The van der Waals surface area contributed by atoms with Crippen molar-refractivity contribution in [3.05, 3.63) is 30.1 Å². The molecule has 0 aliphatic rings. The van der Waals surface area contributed by atoms with Crippen molar-refractivity contribution >= 4 is 6.09 Å². The van der Waals surface area contributed by atoms with Crippen molar-refractivity contribution in [3.63, 3.8) is 0 Å². The molecule has 17 heavy (non-hydrogen) atoms. The van der Waals surface area contributed by atoms with Gasteiger partial charge in [0.1, 0.15) is 19.2 Å². The Morgan fingerprint density at radius 1 is 1.41 bits per heavy atom. The van der Waals surface area contributed by atoms with Crippen molar-refractivity contribution in [1.29, 1.82) is 0 Å². The third-order valence-electron chi connectivity index (χ3n) is 1.98. The monoisotopic (exact) mass is 350 g/mol. The number of carbonyl (C=O) groups excluding carboxylic acids is 1. The van der Waals surface area contributed by atoms with Gasteiger partial charge in [-0.3, -0.25) is 0 Å². The number of hydrogen-bond donors (Lipinski definition) is 1. The van der Waals surface area contributed by atoms with E-state index in [0.717, 1.165) is 5.69 Å². The van der Waals surface area contributed by atoms with Crippen molar-refractivity contribution in [3.8, 4) is 0 Å². The van der Waals surface area contributed by atoms with E-state index in [2.05, 4.69) is 5.32 Å². The van der Waals surface area contributed by atoms with E-state index in [1.54, 1.807) is 0 Å². The van der Waals surface area contributed by atoms with E-state index in [1.807, 2.05) is 56.8 Å². The first-order valence-corrected chi connectivity index (χ1v) is 5.29. The fourth-order valence-corrected chi connectivity index (χ4v) is 1.22. The molecule has 1 amide bonds. The van der Waals surface area contributed by atoms with Crippen LogP contribution in [0, 0.1) is 0 Å². The number of amides is 1. The molecule has 0 aliphatic carbocycles. The molecule has 4 nitrogen and oxygen atoms in total. The van der Waals surface area contributed by atoms with Crippen LogP contribution in [0.25, 0.3) is 0 Å². The summed E-state index contributed by atoms with van der Waals surface area (Å²) in [5.41, 5.74) is 0.566. The predicted molar refractivity (Wildman–Crippen MR) is 60.7 cm³/mol. The molecule has 1 N–H and O–H groups in total. The summed E-state index contributed by atoms with van der Waals surface area (Å²) in [7, 11) is 1.94. The highest BCUT2D eigenvalue weighted by Gasteiger charge is 2.16. The summed E-state index contributed by atoms with van der Waals surface area (Å²) in [6.45, 7) is 5.99. The first-order valence-electron chi connectivity index (χ1n) is 5.29. The number of ether oxygens (including phenoxy) is 1. The van der Waals surface area contributed by atoms with Gasteiger partial charge in [-0.25, -0.2) is 9.36 Å². The van der Waals surface area contributed by atoms with Gasteiger partial charge in [-0.05, 0) is 20.8 Å². The van der Waals surface area contributed by atoms with Gasteiger partial charge in [0.2, 0.25) is 5.69 Å². The molecular weight excluding hydrogens is 331 g/mol. The molecule has 0 aliphatic heterocycles. The van der Waals surface area contributed by atoms with Gasteiger partial charge in [0.25, 0.3) is 0 Å². The van der Waals surface area contributed by atoms with Gasteiger partial charge in [-0.1, -0.05) is 6.07 Å². The highest BCUT2D eigenvalue weighted by molar-refractivity contribution is 5.67. The second-order valence-electron chi connectivity index (χ2n) is 4.66. The number of pyridine rings is 1. The summed E-state index contributed by atoms with van der Waals surface area (Å²) in [5.74, 6) is 0. The van der Waals surface area contributed by atoms with Crippen LogP contribution >= 0.6 is 0 Å². The fourth-order valence-electron chi connectivity index (χ4n) is 1.22. The van der Waals surface area contributed by atoms with Crippen LogP contribution in [0.3, 0.4) is 0 Å². The maximum atomic E-state index is 11.4. The molecule has 96 valence electrons. The van der Waals surface area contributed by atoms with E-state index < -0.39 is 11.7 Å². The molecule has 0 atom stereocenters. The van der Waals surface area contributed by atoms with E-state index in [4.69, 9.17) is 4.74 Å². The van der Waals surface area contributed by atoms with Gasteiger partial charge in [0.15, 0.2) is 6.20 Å². The smallest absolute Gasteiger partial charge is 0.408 e. The standard InChI is InChI=1S/C12H18N2O2.HI/c1-12(2,3)16-11(15)13-9-10-7-5-6-8-14(10)4;/h5-8H,9H2,1-4H3;1H. The molecule has 0 saturated carbocycles. The summed E-state index contributed by atoms with van der Waals surface area (Å²) >= 11 is 0. The Bertz CT molecular complexity index is 375. The van der Waals surface area contributed by atoms with E-state index in [0.29, 0.717) is 6.54 Å². The number of nitrogens with zero attached hydrogens (tertiary/aromatic N) is 1. The van der Waals surface area contributed by atoms with Crippen molar-refractivity contribution < 1.29 is 38.1 Å². The molecule has 0 unspecified atom stereocenters. The van der Waals surface area contributed by atoms with Crippen molar-refractivity contribution in [1.82, 2.24) is 5.32 Å². The lowest BCUT2D eigenvalue weighted by Crippen LogP contribution is -3.00. The number of carbonyl (C=O) groups is 1. The number of nitrogens with one attached hydrogen (secondary N) is 1. The van der Waals surface area contributed by atoms with E-state index in [1.165, 1.54) is 0 Å². The number of halogens is 1. The zero-order valence-electron chi connectivity index (χ0n) is 10.7. The minimum absolute atomic E-state index is 0. The van der Waals surface area contributed by atoms with Gasteiger partial charge in [-0.15, -0.1) is 0 Å². The predicted octanol–water partition coefficient (Wildman–Crippen LogP) is -1.46. The lowest BCUT2D eigenvalue weighted by molar-refractivity contribution is -0.679. The molecule has 5 heteroatoms. The van der Waals surface area contributed by atoms with E-state index in [-0.39, 0.29) is 24.0 Å². The zero-order valence-corrected chi connectivity index (χ0v) is 12.8. The summed E-state index contributed by atoms with van der Waals surface area (Å²) in [6.07, 6.45) is 1.54. The SMILES string of the molecule is C[n+]1ccccc1CNC(=O)OC(C)(C)C.[I-]. The van der Waals surface area contributed by atoms with Gasteiger partial charge >= 0.3 is 6.09 Å². The van der Waals surface area contributed by atoms with Crippen LogP contribution in [0.5, 0.6) is 0 Å². The molecule has 1 rings (SSSR count). The number of alkyl carbamates (subject to hydrolysis) is 1. The number of hydrogen-bond acceptors (Lipinski definition) is 2. The number of aromatic nitrogens is 1. The summed E-state index contributed by atoms with van der Waals surface area (Å²) in [4.78, 5) is 11.4. The average molecular weight is 350 g/mol. The Balaban J connectivity index is 0.00000256. The molecule has 0 bridgehead atoms. The molecule has 1 heterocycles. The topological polar surface area (TPSA) is 42.2 Å². The van der Waals surface area contributed by atoms with Crippen LogP contribution in [0.2, 0.25) is 0 Å². The van der Waals surface area contributed by atoms with Crippen molar-refractivity contribution in [2.24, 2.45) is 7.05 Å². The van der Waals surface area contributed by atoms with E-state index in [9.17, 15) is 4.79 Å². The van der Waals surface area contributed by atoms with Crippen LogP contribution < -0.4 is 33.9 Å². The van der Waals surface area contributed by atoms with Crippen LogP contribution in [0.15, 0.2) is 24.4 Å². The molecule has 0 fully saturated rings. The minimum atomic E-state index is -0.455. The summed E-state index contributed by atoms with van der Waals surface area (Å²) in [5, 5.41) is 2.71. The van der Waals surface area contributed by atoms with Crippen molar-refractivity contribution in [2.45, 2.75) is 32.9 Å². The second kappa shape index (κ2) is 6.78. The quantitative estimate of drug-likeness (QED) is 0.523. The summed E-state index contributed by atoms with van der Waals surface area (Å²) in [6, 6.07) is 5.83. The van der Waals surface area contributed by atoms with Gasteiger partial charge in [-0.2, -0.15) is 0 Å². The Hall–Kier alpha value is -0.850. The molecule has 0 radical (unpaired) electrons. The molecular formula is C12H19IN2O2. The van der Waals surface area contributed by atoms with Gasteiger partial charge in [0, 0.05) is 12.1 Å². The van der Waals surface area contributed by atoms with Crippen LogP contribution in [-0.4, -0.2) is 11.7 Å². The number of aryl methyl sites for hydroxylation is 1. The fraction of sp³-hybridized carbons (Fsp3) is 0.500. The van der Waals surface area contributed by atoms with Crippen molar-refractivity contribution in [2.75, 3.05) is 0 Å². The Morgan fingerprint density at radius 3 is 2.59 bits per heavy atom. The first kappa shape index (κ1) is 16.1. The maximum Gasteiger partial charge on any atom is 0.408 e. The van der Waals surface area contributed by atoms with Crippen LogP contribution in [0.4, 0.5) is 4.79 Å². The number of rotatable bonds is 2. The highest BCUT2D eigenvalue weighted by Crippen LogP contribution is 2.06. The first-order chi connectivity index (χ1) is 7.38. The third kappa shape index (κ3) is 6.45. The Morgan fingerprint density at radius 2 is 2.06 bits per heavy atom.